The molecule has 108 valence electrons. The highest BCUT2D eigenvalue weighted by Gasteiger charge is 2.31. The summed E-state index contributed by atoms with van der Waals surface area (Å²) in [4.78, 5) is 11.4. The van der Waals surface area contributed by atoms with E-state index in [9.17, 15) is 0 Å². The molecular weight excluding hydrogens is 250 g/mol. The average molecular weight is 273 g/mol. The van der Waals surface area contributed by atoms with E-state index in [0.717, 1.165) is 42.5 Å². The minimum absolute atomic E-state index is 0.538. The predicted molar refractivity (Wildman–Crippen MR) is 80.9 cm³/mol. The lowest BCUT2D eigenvalue weighted by Crippen LogP contribution is -2.29. The van der Waals surface area contributed by atoms with Crippen LogP contribution in [-0.4, -0.2) is 29.1 Å². The van der Waals surface area contributed by atoms with Crippen LogP contribution in [0.5, 0.6) is 0 Å². The van der Waals surface area contributed by atoms with Gasteiger partial charge in [-0.2, -0.15) is 5.26 Å². The first-order valence-corrected chi connectivity index (χ1v) is 7.40. The molecule has 0 atom stereocenters. The monoisotopic (exact) mass is 273 g/mol. The predicted octanol–water partition coefficient (Wildman–Crippen LogP) is 2.80. The summed E-state index contributed by atoms with van der Waals surface area (Å²) in [6.07, 6.45) is 4.01. The third-order valence-electron chi connectivity index (χ3n) is 3.50. The van der Waals surface area contributed by atoms with Crippen LogP contribution in [0.4, 0.5) is 11.6 Å². The highest BCUT2D eigenvalue weighted by Crippen LogP contribution is 2.34. The Morgan fingerprint density at radius 1 is 1.35 bits per heavy atom. The Hall–Kier alpha value is -1.83. The molecule has 1 aliphatic rings. The van der Waals surface area contributed by atoms with Crippen molar-refractivity contribution in [3.8, 4) is 6.07 Å². The van der Waals surface area contributed by atoms with E-state index in [1.54, 1.807) is 0 Å². The molecule has 1 aliphatic carbocycles. The molecule has 20 heavy (non-hydrogen) atoms. The van der Waals surface area contributed by atoms with Gasteiger partial charge in [-0.05, 0) is 33.1 Å². The molecule has 1 heterocycles. The Balaban J connectivity index is 2.28. The van der Waals surface area contributed by atoms with E-state index in [4.69, 9.17) is 5.26 Å². The molecule has 1 N–H and O–H groups in total. The molecule has 1 saturated carbocycles. The van der Waals surface area contributed by atoms with Gasteiger partial charge in [-0.15, -0.1) is 0 Å². The van der Waals surface area contributed by atoms with Crippen molar-refractivity contribution in [1.29, 1.82) is 5.26 Å². The Morgan fingerprint density at radius 3 is 2.70 bits per heavy atom. The summed E-state index contributed by atoms with van der Waals surface area (Å²) in [7, 11) is 0. The summed E-state index contributed by atoms with van der Waals surface area (Å²) in [6.45, 7) is 7.80. The number of hydrogen-bond donors (Lipinski definition) is 1. The number of anilines is 2. The Bertz CT molecular complexity index is 502. The van der Waals surface area contributed by atoms with Gasteiger partial charge in [0.25, 0.3) is 0 Å². The average Bonchev–Trinajstić information content (AvgIpc) is 3.25. The SMILES string of the molecule is CCCNc1nc(C)nc(N(CCC#N)C2CC2)c1C. The van der Waals surface area contributed by atoms with E-state index in [0.29, 0.717) is 12.5 Å². The molecule has 2 rings (SSSR count). The topological polar surface area (TPSA) is 64.8 Å². The maximum atomic E-state index is 8.84. The van der Waals surface area contributed by atoms with E-state index in [1.165, 1.54) is 12.8 Å². The molecule has 0 bridgehead atoms. The van der Waals surface area contributed by atoms with Crippen molar-refractivity contribution >= 4 is 11.6 Å². The molecular formula is C15H23N5. The van der Waals surface area contributed by atoms with Crippen molar-refractivity contribution in [2.75, 3.05) is 23.3 Å². The molecule has 1 fully saturated rings. The molecule has 0 saturated heterocycles. The van der Waals surface area contributed by atoms with Gasteiger partial charge in [-0.1, -0.05) is 6.92 Å². The van der Waals surface area contributed by atoms with Crippen LogP contribution >= 0.6 is 0 Å². The minimum Gasteiger partial charge on any atom is -0.370 e. The standard InChI is InChI=1S/C15H23N5/c1-4-9-17-14-11(2)15(19-12(3)18-14)20(10-5-8-16)13-6-7-13/h13H,4-7,9-10H2,1-3H3,(H,17,18,19). The molecule has 5 nitrogen and oxygen atoms in total. The van der Waals surface area contributed by atoms with Gasteiger partial charge in [0.15, 0.2) is 0 Å². The summed E-state index contributed by atoms with van der Waals surface area (Å²) in [5.74, 6) is 2.71. The maximum absolute atomic E-state index is 8.84. The number of aryl methyl sites for hydroxylation is 1. The fourth-order valence-corrected chi connectivity index (χ4v) is 2.33. The molecule has 1 aromatic rings. The van der Waals surface area contributed by atoms with Gasteiger partial charge in [-0.25, -0.2) is 9.97 Å². The van der Waals surface area contributed by atoms with Crippen LogP contribution in [0.15, 0.2) is 0 Å². The van der Waals surface area contributed by atoms with Crippen LogP contribution in [0.1, 0.15) is 44.0 Å². The zero-order valence-electron chi connectivity index (χ0n) is 12.6. The van der Waals surface area contributed by atoms with Crippen LogP contribution in [0, 0.1) is 25.2 Å². The highest BCUT2D eigenvalue weighted by molar-refractivity contribution is 5.59. The van der Waals surface area contributed by atoms with Crippen LogP contribution < -0.4 is 10.2 Å². The van der Waals surface area contributed by atoms with E-state index in [-0.39, 0.29) is 0 Å². The lowest BCUT2D eigenvalue weighted by atomic mass is 10.2. The molecule has 0 aliphatic heterocycles. The zero-order chi connectivity index (χ0) is 14.5. The van der Waals surface area contributed by atoms with Crippen molar-refractivity contribution in [3.05, 3.63) is 11.4 Å². The van der Waals surface area contributed by atoms with Gasteiger partial charge in [-0.3, -0.25) is 0 Å². The number of nitrogens with zero attached hydrogens (tertiary/aromatic N) is 4. The number of rotatable bonds is 7. The smallest absolute Gasteiger partial charge is 0.137 e. The van der Waals surface area contributed by atoms with Crippen molar-refractivity contribution in [3.63, 3.8) is 0 Å². The first-order valence-electron chi connectivity index (χ1n) is 7.40. The molecule has 0 spiro atoms. The first kappa shape index (κ1) is 14.6. The van der Waals surface area contributed by atoms with Crippen molar-refractivity contribution in [1.82, 2.24) is 9.97 Å². The quantitative estimate of drug-likeness (QED) is 0.827. The fourth-order valence-electron chi connectivity index (χ4n) is 2.33. The molecule has 0 unspecified atom stereocenters. The summed E-state index contributed by atoms with van der Waals surface area (Å²) >= 11 is 0. The molecule has 0 radical (unpaired) electrons. The number of nitriles is 1. The lowest BCUT2D eigenvalue weighted by molar-refractivity contribution is 0.766. The van der Waals surface area contributed by atoms with Gasteiger partial charge in [0.1, 0.15) is 17.5 Å². The zero-order valence-corrected chi connectivity index (χ0v) is 12.6. The molecule has 1 aromatic heterocycles. The van der Waals surface area contributed by atoms with E-state index < -0.39 is 0 Å². The number of nitrogens with one attached hydrogen (secondary N) is 1. The number of hydrogen-bond acceptors (Lipinski definition) is 5. The van der Waals surface area contributed by atoms with Gasteiger partial charge in [0.2, 0.25) is 0 Å². The second kappa shape index (κ2) is 6.56. The van der Waals surface area contributed by atoms with E-state index in [2.05, 4.69) is 40.1 Å². The highest BCUT2D eigenvalue weighted by atomic mass is 15.2. The van der Waals surface area contributed by atoms with Gasteiger partial charge >= 0.3 is 0 Å². The summed E-state index contributed by atoms with van der Waals surface area (Å²) in [5, 5.41) is 12.2. The summed E-state index contributed by atoms with van der Waals surface area (Å²) < 4.78 is 0. The van der Waals surface area contributed by atoms with Crippen LogP contribution in [0.25, 0.3) is 0 Å². The minimum atomic E-state index is 0.538. The maximum Gasteiger partial charge on any atom is 0.137 e. The second-order valence-electron chi connectivity index (χ2n) is 5.33. The van der Waals surface area contributed by atoms with Crippen LogP contribution in [0.2, 0.25) is 0 Å². The molecule has 5 heteroatoms. The van der Waals surface area contributed by atoms with Gasteiger partial charge in [0.05, 0.1) is 12.5 Å². The normalized spacial score (nSPS) is 13.9. The Labute approximate surface area is 121 Å². The Morgan fingerprint density at radius 2 is 2.10 bits per heavy atom. The number of aromatic nitrogens is 2. The van der Waals surface area contributed by atoms with Crippen LogP contribution in [-0.2, 0) is 0 Å². The van der Waals surface area contributed by atoms with Gasteiger partial charge in [0, 0.05) is 24.7 Å². The fraction of sp³-hybridized carbons (Fsp3) is 0.667. The summed E-state index contributed by atoms with van der Waals surface area (Å²) in [5.41, 5.74) is 1.09. The van der Waals surface area contributed by atoms with Crippen molar-refractivity contribution < 1.29 is 0 Å². The lowest BCUT2D eigenvalue weighted by Gasteiger charge is -2.25. The van der Waals surface area contributed by atoms with E-state index in [1.807, 2.05) is 6.92 Å². The van der Waals surface area contributed by atoms with Crippen molar-refractivity contribution in [2.45, 2.75) is 52.5 Å². The Kier molecular flexibility index (Phi) is 4.78. The third kappa shape index (κ3) is 3.38. The van der Waals surface area contributed by atoms with Gasteiger partial charge < -0.3 is 10.2 Å². The summed E-state index contributed by atoms with van der Waals surface area (Å²) in [6, 6.07) is 2.78. The molecule has 0 amide bonds. The largest absolute Gasteiger partial charge is 0.370 e. The van der Waals surface area contributed by atoms with Crippen molar-refractivity contribution in [2.24, 2.45) is 0 Å². The van der Waals surface area contributed by atoms with E-state index >= 15 is 0 Å². The third-order valence-corrected chi connectivity index (χ3v) is 3.50. The molecule has 0 aromatic carbocycles. The van der Waals surface area contributed by atoms with Crippen LogP contribution in [0.3, 0.4) is 0 Å². The second-order valence-corrected chi connectivity index (χ2v) is 5.33. The first-order chi connectivity index (χ1) is 9.67.